The summed E-state index contributed by atoms with van der Waals surface area (Å²) < 4.78 is 4.58. The number of hydrogen-bond donors (Lipinski definition) is 0. The standard InChI is InChI=1S/C9H9IN2O/c1-11-4-3-7-8(9(11)13)6(10)5-12(7)2/h3-5H,1-2H3. The Hall–Kier alpha value is -0.780. The van der Waals surface area contributed by atoms with Crippen molar-refractivity contribution in [2.24, 2.45) is 14.1 Å². The SMILES string of the molecule is Cn1ccc2c(c(I)cn2C)c1=O. The number of nitrogens with zero attached hydrogens (tertiary/aromatic N) is 2. The maximum absolute atomic E-state index is 11.7. The monoisotopic (exact) mass is 288 g/mol. The van der Waals surface area contributed by atoms with E-state index in [0.717, 1.165) is 14.5 Å². The molecule has 2 rings (SSSR count). The van der Waals surface area contributed by atoms with Crippen LogP contribution in [0.3, 0.4) is 0 Å². The lowest BCUT2D eigenvalue weighted by Crippen LogP contribution is -2.15. The van der Waals surface area contributed by atoms with Crippen LogP contribution in [0.1, 0.15) is 0 Å². The highest BCUT2D eigenvalue weighted by molar-refractivity contribution is 14.1. The summed E-state index contributed by atoms with van der Waals surface area (Å²) in [5.74, 6) is 0. The van der Waals surface area contributed by atoms with Crippen LogP contribution in [-0.2, 0) is 14.1 Å². The summed E-state index contributed by atoms with van der Waals surface area (Å²) in [7, 11) is 3.72. The molecule has 0 unspecified atom stereocenters. The van der Waals surface area contributed by atoms with Gasteiger partial charge in [0.2, 0.25) is 0 Å². The summed E-state index contributed by atoms with van der Waals surface area (Å²) in [6.07, 6.45) is 3.76. The predicted molar refractivity (Wildman–Crippen MR) is 60.9 cm³/mol. The molecule has 0 amide bonds. The molecule has 0 radical (unpaired) electrons. The van der Waals surface area contributed by atoms with E-state index >= 15 is 0 Å². The average molecular weight is 288 g/mol. The lowest BCUT2D eigenvalue weighted by atomic mass is 10.3. The van der Waals surface area contributed by atoms with Crippen molar-refractivity contribution < 1.29 is 0 Å². The Morgan fingerprint density at radius 3 is 2.69 bits per heavy atom. The fourth-order valence-corrected chi connectivity index (χ4v) is 2.37. The van der Waals surface area contributed by atoms with Crippen molar-refractivity contribution in [3.05, 3.63) is 32.4 Å². The van der Waals surface area contributed by atoms with Crippen molar-refractivity contribution in [3.8, 4) is 0 Å². The zero-order chi connectivity index (χ0) is 9.59. The van der Waals surface area contributed by atoms with Gasteiger partial charge in [-0.1, -0.05) is 0 Å². The van der Waals surface area contributed by atoms with Crippen molar-refractivity contribution in [2.45, 2.75) is 0 Å². The number of aromatic nitrogens is 2. The normalized spacial score (nSPS) is 11.0. The summed E-state index contributed by atoms with van der Waals surface area (Å²) in [4.78, 5) is 11.7. The van der Waals surface area contributed by atoms with Gasteiger partial charge in [-0.3, -0.25) is 4.79 Å². The van der Waals surface area contributed by atoms with Crippen LogP contribution in [0.5, 0.6) is 0 Å². The molecular formula is C9H9IN2O. The Morgan fingerprint density at radius 1 is 1.31 bits per heavy atom. The number of halogens is 1. The van der Waals surface area contributed by atoms with Gasteiger partial charge in [0.15, 0.2) is 0 Å². The minimum Gasteiger partial charge on any atom is -0.349 e. The molecule has 0 bridgehead atoms. The van der Waals surface area contributed by atoms with E-state index in [1.807, 2.05) is 23.9 Å². The minimum absolute atomic E-state index is 0.0718. The lowest BCUT2D eigenvalue weighted by Gasteiger charge is -1.98. The smallest absolute Gasteiger partial charge is 0.260 e. The molecular weight excluding hydrogens is 279 g/mol. The first kappa shape index (κ1) is 8.80. The van der Waals surface area contributed by atoms with Crippen LogP contribution in [0.15, 0.2) is 23.3 Å². The van der Waals surface area contributed by atoms with Gasteiger partial charge >= 0.3 is 0 Å². The second-order valence-corrected chi connectivity index (χ2v) is 4.24. The van der Waals surface area contributed by atoms with Gasteiger partial charge < -0.3 is 9.13 Å². The summed E-state index contributed by atoms with van der Waals surface area (Å²) in [6.45, 7) is 0. The van der Waals surface area contributed by atoms with Gasteiger partial charge in [-0.15, -0.1) is 0 Å². The van der Waals surface area contributed by atoms with E-state index in [2.05, 4.69) is 22.6 Å². The van der Waals surface area contributed by atoms with Gasteiger partial charge in [0.05, 0.1) is 10.9 Å². The van der Waals surface area contributed by atoms with Crippen molar-refractivity contribution >= 4 is 33.5 Å². The fourth-order valence-electron chi connectivity index (χ4n) is 1.44. The molecule has 0 fully saturated rings. The zero-order valence-electron chi connectivity index (χ0n) is 7.41. The van der Waals surface area contributed by atoms with Crippen LogP contribution in [-0.4, -0.2) is 9.13 Å². The molecule has 2 aromatic heterocycles. The highest BCUT2D eigenvalue weighted by Crippen LogP contribution is 2.17. The largest absolute Gasteiger partial charge is 0.349 e. The molecule has 0 saturated carbocycles. The molecule has 3 nitrogen and oxygen atoms in total. The van der Waals surface area contributed by atoms with Crippen LogP contribution in [0.4, 0.5) is 0 Å². The maximum Gasteiger partial charge on any atom is 0.260 e. The lowest BCUT2D eigenvalue weighted by molar-refractivity contribution is 0.869. The molecule has 0 aliphatic rings. The van der Waals surface area contributed by atoms with E-state index in [-0.39, 0.29) is 5.56 Å². The average Bonchev–Trinajstić information content (AvgIpc) is 2.35. The van der Waals surface area contributed by atoms with E-state index in [0.29, 0.717) is 0 Å². The fraction of sp³-hybridized carbons (Fsp3) is 0.222. The third kappa shape index (κ3) is 1.20. The summed E-state index contributed by atoms with van der Waals surface area (Å²) in [5.41, 5.74) is 1.06. The number of fused-ring (bicyclic) bond motifs is 1. The number of pyridine rings is 1. The van der Waals surface area contributed by atoms with Crippen molar-refractivity contribution in [1.82, 2.24) is 9.13 Å². The molecule has 0 aliphatic heterocycles. The van der Waals surface area contributed by atoms with Crippen LogP contribution in [0.2, 0.25) is 0 Å². The van der Waals surface area contributed by atoms with E-state index in [1.165, 1.54) is 0 Å². The Kier molecular flexibility index (Phi) is 1.94. The highest BCUT2D eigenvalue weighted by atomic mass is 127. The first-order valence-corrected chi connectivity index (χ1v) is 4.99. The second kappa shape index (κ2) is 2.87. The predicted octanol–water partition coefficient (Wildman–Crippen LogP) is 1.48. The molecule has 0 aliphatic carbocycles. The first-order chi connectivity index (χ1) is 6.11. The Bertz CT molecular complexity index is 524. The molecule has 0 saturated heterocycles. The third-order valence-corrected chi connectivity index (χ3v) is 2.99. The first-order valence-electron chi connectivity index (χ1n) is 3.91. The van der Waals surface area contributed by atoms with E-state index in [4.69, 9.17) is 0 Å². The molecule has 4 heteroatoms. The maximum atomic E-state index is 11.7. The quantitative estimate of drug-likeness (QED) is 0.675. The summed E-state index contributed by atoms with van der Waals surface area (Å²) in [6, 6.07) is 1.96. The van der Waals surface area contributed by atoms with Gasteiger partial charge in [0.25, 0.3) is 5.56 Å². The van der Waals surface area contributed by atoms with Crippen molar-refractivity contribution in [2.75, 3.05) is 0 Å². The van der Waals surface area contributed by atoms with Gasteiger partial charge in [0.1, 0.15) is 0 Å². The number of aryl methyl sites for hydroxylation is 2. The van der Waals surface area contributed by atoms with Crippen molar-refractivity contribution in [3.63, 3.8) is 0 Å². The van der Waals surface area contributed by atoms with Gasteiger partial charge in [-0.2, -0.15) is 0 Å². The highest BCUT2D eigenvalue weighted by Gasteiger charge is 2.07. The number of rotatable bonds is 0. The molecule has 0 aromatic carbocycles. The van der Waals surface area contributed by atoms with Gasteiger partial charge in [-0.25, -0.2) is 0 Å². The van der Waals surface area contributed by atoms with Gasteiger partial charge in [0, 0.05) is 30.1 Å². The molecule has 2 aromatic rings. The van der Waals surface area contributed by atoms with Crippen LogP contribution in [0.25, 0.3) is 10.9 Å². The Morgan fingerprint density at radius 2 is 2.00 bits per heavy atom. The van der Waals surface area contributed by atoms with Crippen LogP contribution < -0.4 is 5.56 Å². The summed E-state index contributed by atoms with van der Waals surface area (Å²) in [5, 5.41) is 0.813. The third-order valence-electron chi connectivity index (χ3n) is 2.17. The van der Waals surface area contributed by atoms with Crippen LogP contribution in [0, 0.1) is 3.57 Å². The van der Waals surface area contributed by atoms with Crippen molar-refractivity contribution in [1.29, 1.82) is 0 Å². The van der Waals surface area contributed by atoms with E-state index in [1.54, 1.807) is 17.8 Å². The minimum atomic E-state index is 0.0718. The molecule has 2 heterocycles. The van der Waals surface area contributed by atoms with Gasteiger partial charge in [-0.05, 0) is 28.7 Å². The Balaban J connectivity index is 3.08. The van der Waals surface area contributed by atoms with Crippen LogP contribution >= 0.6 is 22.6 Å². The van der Waals surface area contributed by atoms with E-state index in [9.17, 15) is 4.79 Å². The molecule has 13 heavy (non-hydrogen) atoms. The Labute approximate surface area is 89.1 Å². The second-order valence-electron chi connectivity index (χ2n) is 3.08. The molecule has 68 valence electrons. The summed E-state index contributed by atoms with van der Waals surface area (Å²) >= 11 is 2.19. The molecule has 0 spiro atoms. The van der Waals surface area contributed by atoms with E-state index < -0.39 is 0 Å². The topological polar surface area (TPSA) is 26.9 Å². The molecule has 0 atom stereocenters. The zero-order valence-corrected chi connectivity index (χ0v) is 9.57. The molecule has 0 N–H and O–H groups in total. The number of hydrogen-bond acceptors (Lipinski definition) is 1.